The number of rotatable bonds is 6. The first-order valence-electron chi connectivity index (χ1n) is 5.72. The van der Waals surface area contributed by atoms with E-state index in [1.54, 1.807) is 24.3 Å². The Labute approximate surface area is 101 Å². The van der Waals surface area contributed by atoms with Crippen LogP contribution in [-0.4, -0.2) is 18.0 Å². The molecule has 0 radical (unpaired) electrons. The van der Waals surface area contributed by atoms with Crippen LogP contribution in [0, 0.1) is 16.0 Å². The van der Waals surface area contributed by atoms with E-state index in [9.17, 15) is 10.1 Å². The SMILES string of the molecule is CC(C)CNCC=Cc1ccccc1[N+](=O)[O-]. The fraction of sp³-hybridized carbons (Fsp3) is 0.385. The van der Waals surface area contributed by atoms with Gasteiger partial charge in [-0.1, -0.05) is 38.1 Å². The van der Waals surface area contributed by atoms with Gasteiger partial charge in [0.1, 0.15) is 0 Å². The number of hydrogen-bond donors (Lipinski definition) is 1. The highest BCUT2D eigenvalue weighted by Gasteiger charge is 2.08. The molecule has 0 saturated carbocycles. The van der Waals surface area contributed by atoms with Gasteiger partial charge in [0.15, 0.2) is 0 Å². The lowest BCUT2D eigenvalue weighted by molar-refractivity contribution is -0.385. The van der Waals surface area contributed by atoms with Crippen molar-refractivity contribution in [1.82, 2.24) is 5.32 Å². The molecule has 17 heavy (non-hydrogen) atoms. The molecule has 0 amide bonds. The lowest BCUT2D eigenvalue weighted by atomic mass is 10.1. The van der Waals surface area contributed by atoms with Crippen molar-refractivity contribution in [3.63, 3.8) is 0 Å². The Morgan fingerprint density at radius 3 is 2.76 bits per heavy atom. The lowest BCUT2D eigenvalue weighted by Crippen LogP contribution is -2.19. The van der Waals surface area contributed by atoms with Crippen molar-refractivity contribution in [2.24, 2.45) is 5.92 Å². The van der Waals surface area contributed by atoms with Gasteiger partial charge in [0.05, 0.1) is 10.5 Å². The number of nitrogens with zero attached hydrogens (tertiary/aromatic N) is 1. The van der Waals surface area contributed by atoms with Crippen LogP contribution >= 0.6 is 0 Å². The first kappa shape index (κ1) is 13.4. The summed E-state index contributed by atoms with van der Waals surface area (Å²) in [5.41, 5.74) is 0.788. The smallest absolute Gasteiger partial charge is 0.276 e. The molecule has 92 valence electrons. The second kappa shape index (κ2) is 6.81. The Balaban J connectivity index is 2.56. The van der Waals surface area contributed by atoms with Crippen LogP contribution in [0.25, 0.3) is 6.08 Å². The molecule has 0 bridgehead atoms. The van der Waals surface area contributed by atoms with E-state index in [-0.39, 0.29) is 10.6 Å². The first-order valence-corrected chi connectivity index (χ1v) is 5.72. The molecule has 0 saturated heterocycles. The second-order valence-electron chi connectivity index (χ2n) is 4.27. The van der Waals surface area contributed by atoms with Crippen LogP contribution in [0.4, 0.5) is 5.69 Å². The summed E-state index contributed by atoms with van der Waals surface area (Å²) in [6.45, 7) is 5.95. The topological polar surface area (TPSA) is 55.2 Å². The first-order chi connectivity index (χ1) is 8.11. The third kappa shape index (κ3) is 4.78. The van der Waals surface area contributed by atoms with Crippen LogP contribution in [0.5, 0.6) is 0 Å². The van der Waals surface area contributed by atoms with Crippen LogP contribution in [0.15, 0.2) is 30.3 Å². The summed E-state index contributed by atoms with van der Waals surface area (Å²) in [6.07, 6.45) is 3.69. The number of para-hydroxylation sites is 1. The van der Waals surface area contributed by atoms with Gasteiger partial charge in [-0.2, -0.15) is 0 Å². The van der Waals surface area contributed by atoms with Gasteiger partial charge in [0.2, 0.25) is 0 Å². The summed E-state index contributed by atoms with van der Waals surface area (Å²) in [6, 6.07) is 6.74. The third-order valence-corrected chi connectivity index (χ3v) is 2.25. The molecule has 0 aliphatic rings. The van der Waals surface area contributed by atoms with Crippen molar-refractivity contribution in [1.29, 1.82) is 0 Å². The van der Waals surface area contributed by atoms with Gasteiger partial charge in [-0.25, -0.2) is 0 Å². The highest BCUT2D eigenvalue weighted by molar-refractivity contribution is 5.60. The molecule has 0 aromatic heterocycles. The number of benzene rings is 1. The molecule has 1 aromatic rings. The Morgan fingerprint density at radius 1 is 1.41 bits per heavy atom. The van der Waals surface area contributed by atoms with Crippen molar-refractivity contribution in [2.75, 3.05) is 13.1 Å². The Morgan fingerprint density at radius 2 is 2.12 bits per heavy atom. The summed E-state index contributed by atoms with van der Waals surface area (Å²) in [7, 11) is 0. The fourth-order valence-electron chi connectivity index (χ4n) is 1.44. The quantitative estimate of drug-likeness (QED) is 0.468. The molecule has 0 unspecified atom stereocenters. The van der Waals surface area contributed by atoms with Gasteiger partial charge >= 0.3 is 0 Å². The Hall–Kier alpha value is -1.68. The molecule has 0 spiro atoms. The average Bonchev–Trinajstić information content (AvgIpc) is 2.28. The molecule has 0 aliphatic heterocycles. The zero-order valence-electron chi connectivity index (χ0n) is 10.2. The van der Waals surface area contributed by atoms with Crippen LogP contribution < -0.4 is 5.32 Å². The summed E-state index contributed by atoms with van der Waals surface area (Å²) in [4.78, 5) is 10.4. The van der Waals surface area contributed by atoms with Crippen LogP contribution in [0.2, 0.25) is 0 Å². The molecule has 0 fully saturated rings. The van der Waals surface area contributed by atoms with Crippen molar-refractivity contribution >= 4 is 11.8 Å². The van der Waals surface area contributed by atoms with Crippen molar-refractivity contribution in [3.8, 4) is 0 Å². The minimum absolute atomic E-state index is 0.146. The minimum Gasteiger partial charge on any atom is -0.313 e. The zero-order valence-corrected chi connectivity index (χ0v) is 10.2. The van der Waals surface area contributed by atoms with E-state index in [1.807, 2.05) is 6.08 Å². The summed E-state index contributed by atoms with van der Waals surface area (Å²) in [5, 5.41) is 14.0. The van der Waals surface area contributed by atoms with Crippen LogP contribution in [-0.2, 0) is 0 Å². The van der Waals surface area contributed by atoms with E-state index >= 15 is 0 Å². The number of nitro groups is 1. The van der Waals surface area contributed by atoms with Crippen molar-refractivity contribution in [2.45, 2.75) is 13.8 Å². The van der Waals surface area contributed by atoms with Gasteiger partial charge in [-0.15, -0.1) is 0 Å². The number of nitrogens with one attached hydrogen (secondary N) is 1. The molecular formula is C13H18N2O2. The molecule has 4 nitrogen and oxygen atoms in total. The predicted octanol–water partition coefficient (Wildman–Crippen LogP) is 2.85. The fourth-order valence-corrected chi connectivity index (χ4v) is 1.44. The molecule has 0 atom stereocenters. The molecule has 0 aliphatic carbocycles. The third-order valence-electron chi connectivity index (χ3n) is 2.25. The molecule has 4 heteroatoms. The molecular weight excluding hydrogens is 216 g/mol. The van der Waals surface area contributed by atoms with Gasteiger partial charge in [-0.05, 0) is 18.5 Å². The van der Waals surface area contributed by atoms with E-state index in [1.165, 1.54) is 6.07 Å². The zero-order chi connectivity index (χ0) is 12.7. The normalized spacial score (nSPS) is 11.2. The van der Waals surface area contributed by atoms with Crippen molar-refractivity contribution < 1.29 is 4.92 Å². The molecule has 1 aromatic carbocycles. The summed E-state index contributed by atoms with van der Waals surface area (Å²) >= 11 is 0. The Kier molecular flexibility index (Phi) is 5.36. The standard InChI is InChI=1S/C13H18N2O2/c1-11(2)10-14-9-5-7-12-6-3-4-8-13(12)15(16)17/h3-8,11,14H,9-10H2,1-2H3. The van der Waals surface area contributed by atoms with Crippen LogP contribution in [0.3, 0.4) is 0 Å². The van der Waals surface area contributed by atoms with Crippen LogP contribution in [0.1, 0.15) is 19.4 Å². The van der Waals surface area contributed by atoms with E-state index in [0.29, 0.717) is 11.5 Å². The molecule has 0 heterocycles. The lowest BCUT2D eigenvalue weighted by Gasteiger charge is -2.03. The average molecular weight is 234 g/mol. The predicted molar refractivity (Wildman–Crippen MR) is 69.8 cm³/mol. The number of hydrogen-bond acceptors (Lipinski definition) is 3. The van der Waals surface area contributed by atoms with E-state index < -0.39 is 0 Å². The maximum absolute atomic E-state index is 10.8. The largest absolute Gasteiger partial charge is 0.313 e. The van der Waals surface area contributed by atoms with Gasteiger partial charge in [0, 0.05) is 12.6 Å². The minimum atomic E-state index is -0.360. The second-order valence-corrected chi connectivity index (χ2v) is 4.27. The highest BCUT2D eigenvalue weighted by atomic mass is 16.6. The van der Waals surface area contributed by atoms with Gasteiger partial charge in [-0.3, -0.25) is 10.1 Å². The molecule has 1 rings (SSSR count). The number of nitro benzene ring substituents is 1. The van der Waals surface area contributed by atoms with E-state index in [4.69, 9.17) is 0 Å². The Bertz CT molecular complexity index is 400. The molecule has 1 N–H and O–H groups in total. The summed E-state index contributed by atoms with van der Waals surface area (Å²) < 4.78 is 0. The van der Waals surface area contributed by atoms with E-state index in [0.717, 1.165) is 13.1 Å². The van der Waals surface area contributed by atoms with Gasteiger partial charge < -0.3 is 5.32 Å². The maximum atomic E-state index is 10.8. The van der Waals surface area contributed by atoms with E-state index in [2.05, 4.69) is 19.2 Å². The van der Waals surface area contributed by atoms with Crippen molar-refractivity contribution in [3.05, 3.63) is 46.0 Å². The highest BCUT2D eigenvalue weighted by Crippen LogP contribution is 2.18. The monoisotopic (exact) mass is 234 g/mol. The van der Waals surface area contributed by atoms with Gasteiger partial charge in [0.25, 0.3) is 5.69 Å². The maximum Gasteiger partial charge on any atom is 0.276 e. The summed E-state index contributed by atoms with van der Waals surface area (Å²) in [5.74, 6) is 0.606.